The largest absolute Gasteiger partial charge is 0.379 e. The number of ether oxygens (including phenoxy) is 1. The standard InChI is InChI=1S/C16H26FN3O3S/c1-3-20(4-2)24(21,22)18-13-16(19-9-11-23-12-10-19)14-5-7-15(17)8-6-14/h5-8,16,18H,3-4,9-13H2,1-2H3/t16-/m0/s1. The molecular formula is C16H26FN3O3S. The number of hydrogen-bond donors (Lipinski definition) is 1. The van der Waals surface area contributed by atoms with E-state index in [9.17, 15) is 12.8 Å². The Hall–Kier alpha value is -1.06. The maximum atomic E-state index is 13.2. The number of halogens is 1. The van der Waals surface area contributed by atoms with Crippen LogP contribution >= 0.6 is 0 Å². The van der Waals surface area contributed by atoms with Crippen molar-refractivity contribution in [2.24, 2.45) is 0 Å². The van der Waals surface area contributed by atoms with Crippen LogP contribution in [0.5, 0.6) is 0 Å². The van der Waals surface area contributed by atoms with Gasteiger partial charge in [-0.05, 0) is 17.7 Å². The molecule has 1 fully saturated rings. The molecule has 1 aromatic rings. The predicted molar refractivity (Wildman–Crippen MR) is 91.4 cm³/mol. The zero-order valence-corrected chi connectivity index (χ0v) is 15.1. The molecule has 0 unspecified atom stereocenters. The van der Waals surface area contributed by atoms with Gasteiger partial charge in [-0.15, -0.1) is 0 Å². The number of nitrogens with one attached hydrogen (secondary N) is 1. The van der Waals surface area contributed by atoms with E-state index < -0.39 is 10.2 Å². The number of benzene rings is 1. The van der Waals surface area contributed by atoms with E-state index in [0.717, 1.165) is 18.7 Å². The van der Waals surface area contributed by atoms with Crippen molar-refractivity contribution in [3.63, 3.8) is 0 Å². The van der Waals surface area contributed by atoms with Crippen molar-refractivity contribution in [3.8, 4) is 0 Å². The Kier molecular flexibility index (Phi) is 7.12. The van der Waals surface area contributed by atoms with Gasteiger partial charge in [0.25, 0.3) is 10.2 Å². The second kappa shape index (κ2) is 8.87. The fourth-order valence-corrected chi connectivity index (χ4v) is 4.10. The van der Waals surface area contributed by atoms with Crippen LogP contribution in [0.25, 0.3) is 0 Å². The molecule has 1 heterocycles. The molecule has 0 spiro atoms. The fraction of sp³-hybridized carbons (Fsp3) is 0.625. The van der Waals surface area contributed by atoms with Gasteiger partial charge in [0, 0.05) is 38.8 Å². The van der Waals surface area contributed by atoms with Gasteiger partial charge in [-0.3, -0.25) is 4.90 Å². The quantitative estimate of drug-likeness (QED) is 0.762. The lowest BCUT2D eigenvalue weighted by Gasteiger charge is -2.35. The van der Waals surface area contributed by atoms with Crippen molar-refractivity contribution in [2.45, 2.75) is 19.9 Å². The van der Waals surface area contributed by atoms with Crippen molar-refractivity contribution >= 4 is 10.2 Å². The second-order valence-electron chi connectivity index (χ2n) is 5.65. The maximum Gasteiger partial charge on any atom is 0.279 e. The van der Waals surface area contributed by atoms with Gasteiger partial charge < -0.3 is 4.74 Å². The van der Waals surface area contributed by atoms with E-state index in [1.165, 1.54) is 16.4 Å². The molecule has 0 saturated carbocycles. The van der Waals surface area contributed by atoms with E-state index in [4.69, 9.17) is 4.74 Å². The van der Waals surface area contributed by atoms with E-state index in [2.05, 4.69) is 9.62 Å². The smallest absolute Gasteiger partial charge is 0.279 e. The van der Waals surface area contributed by atoms with Gasteiger partial charge in [0.15, 0.2) is 0 Å². The topological polar surface area (TPSA) is 61.9 Å². The molecule has 1 aromatic carbocycles. The first-order valence-corrected chi connectivity index (χ1v) is 9.74. The minimum Gasteiger partial charge on any atom is -0.379 e. The van der Waals surface area contributed by atoms with E-state index >= 15 is 0 Å². The van der Waals surface area contributed by atoms with Crippen molar-refractivity contribution in [1.82, 2.24) is 13.9 Å². The van der Waals surface area contributed by atoms with Crippen LogP contribution in [0, 0.1) is 5.82 Å². The molecular weight excluding hydrogens is 333 g/mol. The molecule has 1 aliphatic heterocycles. The third kappa shape index (κ3) is 4.97. The summed E-state index contributed by atoms with van der Waals surface area (Å²) in [4.78, 5) is 2.17. The first-order valence-electron chi connectivity index (χ1n) is 8.30. The van der Waals surface area contributed by atoms with Gasteiger partial charge in [-0.2, -0.15) is 12.7 Å². The summed E-state index contributed by atoms with van der Waals surface area (Å²) in [6, 6.07) is 6.07. The average Bonchev–Trinajstić information content (AvgIpc) is 2.58. The zero-order valence-electron chi connectivity index (χ0n) is 14.2. The third-order valence-corrected chi connectivity index (χ3v) is 5.97. The lowest BCUT2D eigenvalue weighted by atomic mass is 10.0. The van der Waals surface area contributed by atoms with Gasteiger partial charge in [-0.25, -0.2) is 9.11 Å². The van der Waals surface area contributed by atoms with E-state index in [0.29, 0.717) is 26.3 Å². The summed E-state index contributed by atoms with van der Waals surface area (Å²) in [6.07, 6.45) is 0. The van der Waals surface area contributed by atoms with Crippen molar-refractivity contribution in [3.05, 3.63) is 35.6 Å². The molecule has 0 radical (unpaired) electrons. The Morgan fingerprint density at radius 1 is 1.21 bits per heavy atom. The molecule has 24 heavy (non-hydrogen) atoms. The highest BCUT2D eigenvalue weighted by Gasteiger charge is 2.26. The molecule has 0 aromatic heterocycles. The molecule has 2 rings (SSSR count). The molecule has 0 amide bonds. The molecule has 6 nitrogen and oxygen atoms in total. The monoisotopic (exact) mass is 359 g/mol. The first kappa shape index (κ1) is 19.3. The summed E-state index contributed by atoms with van der Waals surface area (Å²) in [5.41, 5.74) is 0.889. The Labute approximate surface area is 143 Å². The Morgan fingerprint density at radius 2 is 1.79 bits per heavy atom. The summed E-state index contributed by atoms with van der Waals surface area (Å²) in [6.45, 7) is 7.36. The van der Waals surface area contributed by atoms with Crippen LogP contribution in [0.4, 0.5) is 4.39 Å². The zero-order chi connectivity index (χ0) is 17.6. The van der Waals surface area contributed by atoms with Crippen LogP contribution in [-0.2, 0) is 14.9 Å². The lowest BCUT2D eigenvalue weighted by Crippen LogP contribution is -2.47. The van der Waals surface area contributed by atoms with Gasteiger partial charge in [0.2, 0.25) is 0 Å². The second-order valence-corrected chi connectivity index (χ2v) is 7.41. The number of nitrogens with zero attached hydrogens (tertiary/aromatic N) is 2. The maximum absolute atomic E-state index is 13.2. The van der Waals surface area contributed by atoms with Crippen molar-refractivity contribution < 1.29 is 17.5 Å². The highest BCUT2D eigenvalue weighted by Crippen LogP contribution is 2.22. The minimum atomic E-state index is -3.52. The summed E-state index contributed by atoms with van der Waals surface area (Å²) < 4.78 is 47.4. The summed E-state index contributed by atoms with van der Waals surface area (Å²) in [5.74, 6) is -0.303. The number of morpholine rings is 1. The molecule has 0 aliphatic carbocycles. The molecule has 136 valence electrons. The Morgan fingerprint density at radius 3 is 2.33 bits per heavy atom. The van der Waals surface area contributed by atoms with Crippen LogP contribution in [0.15, 0.2) is 24.3 Å². The van der Waals surface area contributed by atoms with E-state index in [1.807, 2.05) is 13.8 Å². The number of rotatable bonds is 8. The van der Waals surface area contributed by atoms with Gasteiger partial charge >= 0.3 is 0 Å². The van der Waals surface area contributed by atoms with E-state index in [-0.39, 0.29) is 18.4 Å². The predicted octanol–water partition coefficient (Wildman–Crippen LogP) is 1.38. The summed E-state index contributed by atoms with van der Waals surface area (Å²) in [7, 11) is -3.52. The lowest BCUT2D eigenvalue weighted by molar-refractivity contribution is 0.0171. The van der Waals surface area contributed by atoms with Gasteiger partial charge in [-0.1, -0.05) is 26.0 Å². The first-order chi connectivity index (χ1) is 11.5. The fourth-order valence-electron chi connectivity index (χ4n) is 2.87. The molecule has 8 heteroatoms. The van der Waals surface area contributed by atoms with Crippen molar-refractivity contribution in [1.29, 1.82) is 0 Å². The average molecular weight is 359 g/mol. The van der Waals surface area contributed by atoms with Gasteiger partial charge in [0.05, 0.1) is 13.2 Å². The van der Waals surface area contributed by atoms with Gasteiger partial charge in [0.1, 0.15) is 5.82 Å². The van der Waals surface area contributed by atoms with Crippen LogP contribution < -0.4 is 4.72 Å². The third-order valence-electron chi connectivity index (χ3n) is 4.25. The van der Waals surface area contributed by atoms with E-state index in [1.54, 1.807) is 12.1 Å². The van der Waals surface area contributed by atoms with Crippen LogP contribution in [0.1, 0.15) is 25.5 Å². The van der Waals surface area contributed by atoms with Crippen LogP contribution in [0.3, 0.4) is 0 Å². The minimum absolute atomic E-state index is 0.153. The normalized spacial score (nSPS) is 18.0. The Bertz CT molecular complexity index is 599. The summed E-state index contributed by atoms with van der Waals surface area (Å²) in [5, 5.41) is 0. The number of hydrogen-bond acceptors (Lipinski definition) is 4. The molecule has 1 saturated heterocycles. The highest BCUT2D eigenvalue weighted by molar-refractivity contribution is 7.87. The highest BCUT2D eigenvalue weighted by atomic mass is 32.2. The molecule has 1 aliphatic rings. The molecule has 0 bridgehead atoms. The van der Waals surface area contributed by atoms with Crippen molar-refractivity contribution in [2.75, 3.05) is 45.9 Å². The Balaban J connectivity index is 2.15. The summed E-state index contributed by atoms with van der Waals surface area (Å²) >= 11 is 0. The van der Waals surface area contributed by atoms with Crippen LogP contribution in [0.2, 0.25) is 0 Å². The molecule has 1 atom stereocenters. The van der Waals surface area contributed by atoms with Crippen LogP contribution in [-0.4, -0.2) is 63.6 Å². The SMILES string of the molecule is CCN(CC)S(=O)(=O)NC[C@@H](c1ccc(F)cc1)N1CCOCC1. The molecule has 1 N–H and O–H groups in total.